The first-order valence-electron chi connectivity index (χ1n) is 6.85. The molecular formula is C13H25NO4. The predicted molar refractivity (Wildman–Crippen MR) is 68.8 cm³/mol. The molecule has 106 valence electrons. The molecule has 1 saturated heterocycles. The second-order valence-corrected chi connectivity index (χ2v) is 4.68. The molecule has 18 heavy (non-hydrogen) atoms. The zero-order chi connectivity index (χ0) is 13.4. The lowest BCUT2D eigenvalue weighted by molar-refractivity contribution is -0.152. The summed E-state index contributed by atoms with van der Waals surface area (Å²) in [6.45, 7) is 7.33. The van der Waals surface area contributed by atoms with Gasteiger partial charge >= 0.3 is 5.97 Å². The van der Waals surface area contributed by atoms with E-state index in [9.17, 15) is 4.79 Å². The van der Waals surface area contributed by atoms with Crippen molar-refractivity contribution in [3.05, 3.63) is 0 Å². The molecule has 2 atom stereocenters. The number of carboxylic acid groups (broad SMARTS) is 1. The number of aliphatic carboxylic acids is 1. The van der Waals surface area contributed by atoms with E-state index in [-0.39, 0.29) is 6.10 Å². The number of rotatable bonds is 8. The Labute approximate surface area is 109 Å². The van der Waals surface area contributed by atoms with Gasteiger partial charge in [0.2, 0.25) is 0 Å². The number of hydrogen-bond donors (Lipinski definition) is 1. The Bertz CT molecular complexity index is 247. The number of ether oxygens (including phenoxy) is 2. The fourth-order valence-corrected chi connectivity index (χ4v) is 2.24. The molecule has 1 aliphatic heterocycles. The minimum Gasteiger partial charge on any atom is -0.479 e. The monoisotopic (exact) mass is 259 g/mol. The largest absolute Gasteiger partial charge is 0.479 e. The summed E-state index contributed by atoms with van der Waals surface area (Å²) in [6, 6.07) is 0. The van der Waals surface area contributed by atoms with Gasteiger partial charge in [-0.25, -0.2) is 4.79 Å². The highest BCUT2D eigenvalue weighted by atomic mass is 16.5. The highest BCUT2D eigenvalue weighted by molar-refractivity contribution is 5.72. The number of carbonyl (C=O) groups is 1. The van der Waals surface area contributed by atoms with E-state index < -0.39 is 12.1 Å². The van der Waals surface area contributed by atoms with Crippen LogP contribution in [-0.4, -0.2) is 61.0 Å². The molecule has 0 radical (unpaired) electrons. The first-order chi connectivity index (χ1) is 8.67. The third-order valence-corrected chi connectivity index (χ3v) is 3.09. The van der Waals surface area contributed by atoms with Crippen LogP contribution in [0.4, 0.5) is 0 Å². The topological polar surface area (TPSA) is 59.0 Å². The standard InChI is InChI=1S/C13H25NO4/c1-3-8-18-11-6-5-7-14(9-11)10-12(13(15)16)17-4-2/h11-12H,3-10H2,1-2H3,(H,15,16). The summed E-state index contributed by atoms with van der Waals surface area (Å²) in [5, 5.41) is 9.06. The van der Waals surface area contributed by atoms with E-state index in [1.807, 2.05) is 6.92 Å². The van der Waals surface area contributed by atoms with E-state index >= 15 is 0 Å². The summed E-state index contributed by atoms with van der Waals surface area (Å²) in [5.41, 5.74) is 0. The predicted octanol–water partition coefficient (Wildman–Crippen LogP) is 1.37. The zero-order valence-corrected chi connectivity index (χ0v) is 11.4. The minimum absolute atomic E-state index is 0.245. The Morgan fingerprint density at radius 3 is 2.89 bits per heavy atom. The maximum atomic E-state index is 11.0. The van der Waals surface area contributed by atoms with Gasteiger partial charge in [0.1, 0.15) is 0 Å². The first-order valence-corrected chi connectivity index (χ1v) is 6.85. The molecule has 0 amide bonds. The van der Waals surface area contributed by atoms with Crippen LogP contribution in [0.15, 0.2) is 0 Å². The van der Waals surface area contributed by atoms with Crippen molar-refractivity contribution in [2.24, 2.45) is 0 Å². The molecule has 0 bridgehead atoms. The summed E-state index contributed by atoms with van der Waals surface area (Å²) in [7, 11) is 0. The van der Waals surface area contributed by atoms with Crippen molar-refractivity contribution in [2.45, 2.75) is 45.3 Å². The summed E-state index contributed by atoms with van der Waals surface area (Å²) in [4.78, 5) is 13.2. The molecular weight excluding hydrogens is 234 g/mol. The average molecular weight is 259 g/mol. The lowest BCUT2D eigenvalue weighted by Crippen LogP contribution is -2.46. The molecule has 0 aromatic carbocycles. The summed E-state index contributed by atoms with van der Waals surface area (Å²) < 4.78 is 11.0. The molecule has 0 spiro atoms. The van der Waals surface area contributed by atoms with Gasteiger partial charge in [0.15, 0.2) is 6.10 Å². The second-order valence-electron chi connectivity index (χ2n) is 4.68. The van der Waals surface area contributed by atoms with Crippen molar-refractivity contribution >= 4 is 5.97 Å². The maximum Gasteiger partial charge on any atom is 0.334 e. The van der Waals surface area contributed by atoms with Crippen LogP contribution in [-0.2, 0) is 14.3 Å². The maximum absolute atomic E-state index is 11.0. The molecule has 1 rings (SSSR count). The van der Waals surface area contributed by atoms with E-state index in [1.54, 1.807) is 0 Å². The fraction of sp³-hybridized carbons (Fsp3) is 0.923. The molecule has 0 aliphatic carbocycles. The Balaban J connectivity index is 2.37. The highest BCUT2D eigenvalue weighted by Crippen LogP contribution is 2.14. The third-order valence-electron chi connectivity index (χ3n) is 3.09. The lowest BCUT2D eigenvalue weighted by atomic mass is 10.1. The number of piperidine rings is 1. The van der Waals surface area contributed by atoms with Crippen LogP contribution in [0.1, 0.15) is 33.1 Å². The van der Waals surface area contributed by atoms with Crippen molar-refractivity contribution in [2.75, 3.05) is 32.8 Å². The van der Waals surface area contributed by atoms with Gasteiger partial charge in [0.25, 0.3) is 0 Å². The molecule has 1 fully saturated rings. The van der Waals surface area contributed by atoms with E-state index in [0.717, 1.165) is 39.0 Å². The Morgan fingerprint density at radius 2 is 2.28 bits per heavy atom. The van der Waals surface area contributed by atoms with Gasteiger partial charge in [0, 0.05) is 26.3 Å². The van der Waals surface area contributed by atoms with Gasteiger partial charge < -0.3 is 14.6 Å². The van der Waals surface area contributed by atoms with Crippen LogP contribution in [0, 0.1) is 0 Å². The zero-order valence-electron chi connectivity index (χ0n) is 11.4. The summed E-state index contributed by atoms with van der Waals surface area (Å²) >= 11 is 0. The molecule has 0 aromatic rings. The number of nitrogens with zero attached hydrogens (tertiary/aromatic N) is 1. The van der Waals surface area contributed by atoms with Crippen molar-refractivity contribution in [1.82, 2.24) is 4.90 Å². The van der Waals surface area contributed by atoms with Crippen LogP contribution in [0.25, 0.3) is 0 Å². The highest BCUT2D eigenvalue weighted by Gasteiger charge is 2.26. The van der Waals surface area contributed by atoms with Crippen LogP contribution in [0.3, 0.4) is 0 Å². The number of carboxylic acids is 1. The Morgan fingerprint density at radius 1 is 1.50 bits per heavy atom. The molecule has 0 aromatic heterocycles. The van der Waals surface area contributed by atoms with Gasteiger partial charge in [-0.1, -0.05) is 6.92 Å². The summed E-state index contributed by atoms with van der Waals surface area (Å²) in [5.74, 6) is -0.881. The lowest BCUT2D eigenvalue weighted by Gasteiger charge is -2.33. The van der Waals surface area contributed by atoms with Gasteiger partial charge in [-0.3, -0.25) is 4.90 Å². The molecule has 5 heteroatoms. The van der Waals surface area contributed by atoms with Gasteiger partial charge in [-0.15, -0.1) is 0 Å². The molecule has 1 aliphatic rings. The Hall–Kier alpha value is -0.650. The Kier molecular flexibility index (Phi) is 7.23. The van der Waals surface area contributed by atoms with Crippen LogP contribution < -0.4 is 0 Å². The number of hydrogen-bond acceptors (Lipinski definition) is 4. The van der Waals surface area contributed by atoms with E-state index in [4.69, 9.17) is 14.6 Å². The summed E-state index contributed by atoms with van der Waals surface area (Å²) in [6.07, 6.45) is 2.68. The van der Waals surface area contributed by atoms with E-state index in [2.05, 4.69) is 11.8 Å². The molecule has 2 unspecified atom stereocenters. The van der Waals surface area contributed by atoms with Crippen LogP contribution >= 0.6 is 0 Å². The van der Waals surface area contributed by atoms with Gasteiger partial charge in [-0.2, -0.15) is 0 Å². The van der Waals surface area contributed by atoms with Crippen molar-refractivity contribution in [3.8, 4) is 0 Å². The second kappa shape index (κ2) is 8.45. The first kappa shape index (κ1) is 15.4. The quantitative estimate of drug-likeness (QED) is 0.713. The van der Waals surface area contributed by atoms with Crippen LogP contribution in [0.5, 0.6) is 0 Å². The molecule has 0 saturated carbocycles. The van der Waals surface area contributed by atoms with Gasteiger partial charge in [-0.05, 0) is 32.7 Å². The van der Waals surface area contributed by atoms with Crippen molar-refractivity contribution < 1.29 is 19.4 Å². The average Bonchev–Trinajstić information content (AvgIpc) is 2.36. The SMILES string of the molecule is CCCOC1CCCN(CC(OCC)C(=O)O)C1. The van der Waals surface area contributed by atoms with Crippen LogP contribution in [0.2, 0.25) is 0 Å². The number of likely N-dealkylation sites (tertiary alicyclic amines) is 1. The smallest absolute Gasteiger partial charge is 0.334 e. The van der Waals surface area contributed by atoms with Crippen molar-refractivity contribution in [3.63, 3.8) is 0 Å². The van der Waals surface area contributed by atoms with E-state index in [0.29, 0.717) is 13.2 Å². The molecule has 1 heterocycles. The molecule has 5 nitrogen and oxygen atoms in total. The van der Waals surface area contributed by atoms with E-state index in [1.165, 1.54) is 0 Å². The normalized spacial score (nSPS) is 22.9. The third kappa shape index (κ3) is 5.33. The minimum atomic E-state index is -0.881. The van der Waals surface area contributed by atoms with Crippen molar-refractivity contribution in [1.29, 1.82) is 0 Å². The fourth-order valence-electron chi connectivity index (χ4n) is 2.24. The van der Waals surface area contributed by atoms with Gasteiger partial charge in [0.05, 0.1) is 6.10 Å². The molecule has 1 N–H and O–H groups in total.